The molecular weight excluding hydrogens is 853 g/mol. The first-order chi connectivity index (χ1) is 30.3. The summed E-state index contributed by atoms with van der Waals surface area (Å²) in [5.74, 6) is -0.877. The normalized spacial score (nSPS) is 15.1. The standard InChI is InChI=1S/C24H26BNO2.C24H19FN2.C5H3BrFN/c1-23(2)24(3,4)28-25(27-23)20-14-10-13-19(17-20)22(18-11-6-5-7-12-18)21-15-8-9-16-26-21;1-24(19-10-3-2-4-11-19,22-14-5-6-16-26-22)20-12-7-9-18(17-20)21-13-8-15-23(25)27-21;6-4-2-1-3-5(7)8-4/h5-17,22H,1-4H3;2-17H,1H3;1-3H. The summed E-state index contributed by atoms with van der Waals surface area (Å²) in [6.07, 6.45) is 3.66. The van der Waals surface area contributed by atoms with E-state index in [2.05, 4.69) is 149 Å². The molecule has 1 aliphatic rings. The molecule has 0 saturated carbocycles. The van der Waals surface area contributed by atoms with E-state index in [9.17, 15) is 8.78 Å². The van der Waals surface area contributed by atoms with Gasteiger partial charge in [0, 0.05) is 18.0 Å². The average Bonchev–Trinajstić information content (AvgIpc) is 3.53. The number of rotatable bonds is 8. The van der Waals surface area contributed by atoms with Crippen LogP contribution in [0.1, 0.15) is 74.2 Å². The summed E-state index contributed by atoms with van der Waals surface area (Å²) < 4.78 is 38.7. The van der Waals surface area contributed by atoms with Gasteiger partial charge in [-0.15, -0.1) is 0 Å². The smallest absolute Gasteiger partial charge is 0.399 e. The lowest BCUT2D eigenvalue weighted by molar-refractivity contribution is 0.00578. The number of halogens is 3. The average molecular weight is 902 g/mol. The summed E-state index contributed by atoms with van der Waals surface area (Å²) >= 11 is 3.01. The van der Waals surface area contributed by atoms with Crippen molar-refractivity contribution in [2.45, 2.75) is 57.2 Å². The van der Waals surface area contributed by atoms with E-state index in [1.54, 1.807) is 18.2 Å². The van der Waals surface area contributed by atoms with E-state index in [4.69, 9.17) is 9.31 Å². The van der Waals surface area contributed by atoms with Crippen molar-refractivity contribution in [2.75, 3.05) is 0 Å². The Hall–Kier alpha value is -6.20. The molecule has 0 spiro atoms. The first kappa shape index (κ1) is 44.8. The maximum atomic E-state index is 13.6. The van der Waals surface area contributed by atoms with Crippen LogP contribution < -0.4 is 5.46 Å². The van der Waals surface area contributed by atoms with Crippen LogP contribution in [0.25, 0.3) is 11.3 Å². The van der Waals surface area contributed by atoms with Crippen LogP contribution in [0.4, 0.5) is 8.78 Å². The summed E-state index contributed by atoms with van der Waals surface area (Å²) in [5, 5.41) is 0. The predicted molar refractivity (Wildman–Crippen MR) is 252 cm³/mol. The number of hydrogen-bond donors (Lipinski definition) is 0. The maximum absolute atomic E-state index is 13.6. The van der Waals surface area contributed by atoms with Gasteiger partial charge in [-0.25, -0.2) is 9.97 Å². The van der Waals surface area contributed by atoms with Gasteiger partial charge in [-0.05, 0) is 133 Å². The Morgan fingerprint density at radius 3 is 1.73 bits per heavy atom. The van der Waals surface area contributed by atoms with Crippen molar-refractivity contribution in [2.24, 2.45) is 0 Å². The minimum atomic E-state index is -0.478. The van der Waals surface area contributed by atoms with E-state index < -0.39 is 17.3 Å². The highest BCUT2D eigenvalue weighted by atomic mass is 79.9. The molecule has 63 heavy (non-hydrogen) atoms. The zero-order valence-corrected chi connectivity index (χ0v) is 37.5. The monoisotopic (exact) mass is 900 g/mol. The fourth-order valence-corrected chi connectivity index (χ4v) is 7.75. The number of pyridine rings is 4. The molecule has 8 aromatic rings. The van der Waals surface area contributed by atoms with Crippen LogP contribution in [-0.4, -0.2) is 38.3 Å². The molecule has 4 aromatic heterocycles. The van der Waals surface area contributed by atoms with Crippen LogP contribution in [-0.2, 0) is 14.7 Å². The molecular formula is C53H48BBrF2N4O2. The van der Waals surface area contributed by atoms with Gasteiger partial charge in [-0.3, -0.25) is 9.97 Å². The Balaban J connectivity index is 0.000000161. The van der Waals surface area contributed by atoms with Gasteiger partial charge in [0.2, 0.25) is 11.9 Å². The van der Waals surface area contributed by atoms with E-state index in [1.165, 1.54) is 23.3 Å². The Kier molecular flexibility index (Phi) is 14.2. The lowest BCUT2D eigenvalue weighted by Gasteiger charge is -2.32. The van der Waals surface area contributed by atoms with Crippen LogP contribution in [0.15, 0.2) is 199 Å². The summed E-state index contributed by atoms with van der Waals surface area (Å²) in [6.45, 7) is 10.5. The van der Waals surface area contributed by atoms with E-state index in [-0.39, 0.29) is 24.2 Å². The molecule has 1 fully saturated rings. The molecule has 4 aromatic carbocycles. The topological polar surface area (TPSA) is 70.0 Å². The van der Waals surface area contributed by atoms with Gasteiger partial charge >= 0.3 is 7.12 Å². The van der Waals surface area contributed by atoms with Gasteiger partial charge in [0.1, 0.15) is 4.60 Å². The van der Waals surface area contributed by atoms with Crippen molar-refractivity contribution in [3.05, 3.63) is 245 Å². The molecule has 0 amide bonds. The summed E-state index contributed by atoms with van der Waals surface area (Å²) in [5.41, 5.74) is 7.99. The van der Waals surface area contributed by atoms with Crippen LogP contribution >= 0.6 is 15.9 Å². The lowest BCUT2D eigenvalue weighted by atomic mass is 9.73. The third-order valence-corrected chi connectivity index (χ3v) is 12.0. The van der Waals surface area contributed by atoms with Crippen molar-refractivity contribution >= 4 is 28.5 Å². The van der Waals surface area contributed by atoms with Gasteiger partial charge in [-0.2, -0.15) is 8.78 Å². The summed E-state index contributed by atoms with van der Waals surface area (Å²) in [4.78, 5) is 16.7. The molecule has 10 heteroatoms. The third kappa shape index (κ3) is 10.7. The van der Waals surface area contributed by atoms with E-state index in [0.29, 0.717) is 10.3 Å². The molecule has 0 bridgehead atoms. The fraction of sp³-hybridized carbons (Fsp3) is 0.170. The lowest BCUT2D eigenvalue weighted by Crippen LogP contribution is -2.41. The fourth-order valence-electron chi connectivity index (χ4n) is 7.43. The zero-order valence-electron chi connectivity index (χ0n) is 35.9. The van der Waals surface area contributed by atoms with Crippen LogP contribution in [0.2, 0.25) is 0 Å². The van der Waals surface area contributed by atoms with E-state index in [1.807, 2.05) is 85.2 Å². The number of nitrogens with zero attached hydrogens (tertiary/aromatic N) is 4. The second kappa shape index (κ2) is 19.9. The summed E-state index contributed by atoms with van der Waals surface area (Å²) in [7, 11) is -0.370. The SMILES string of the molecule is CC(c1ccccc1)(c1cccc(-c2cccc(F)n2)c1)c1ccccn1.CC1(C)OB(c2cccc(C(c3ccccc3)c3ccccn3)c2)OC1(C)C.Fc1cccc(Br)n1. The second-order valence-corrected chi connectivity index (χ2v) is 17.1. The van der Waals surface area contributed by atoms with Crippen LogP contribution in [0.3, 0.4) is 0 Å². The Labute approximate surface area is 377 Å². The molecule has 0 N–H and O–H groups in total. The van der Waals surface area contributed by atoms with Gasteiger partial charge in [-0.1, -0.05) is 127 Å². The Bertz CT molecular complexity index is 2600. The zero-order chi connectivity index (χ0) is 44.5. The molecule has 0 radical (unpaired) electrons. The van der Waals surface area contributed by atoms with Crippen molar-refractivity contribution in [3.63, 3.8) is 0 Å². The highest BCUT2D eigenvalue weighted by Gasteiger charge is 2.51. The van der Waals surface area contributed by atoms with Crippen molar-refractivity contribution in [1.29, 1.82) is 0 Å². The van der Waals surface area contributed by atoms with Gasteiger partial charge < -0.3 is 9.31 Å². The quantitative estimate of drug-likeness (QED) is 0.112. The number of aromatic nitrogens is 4. The minimum Gasteiger partial charge on any atom is -0.399 e. The number of hydrogen-bond acceptors (Lipinski definition) is 6. The molecule has 9 rings (SSSR count). The van der Waals surface area contributed by atoms with Crippen LogP contribution in [0, 0.1) is 11.9 Å². The van der Waals surface area contributed by atoms with Crippen LogP contribution in [0.5, 0.6) is 0 Å². The summed E-state index contributed by atoms with van der Waals surface area (Å²) in [6, 6.07) is 58.8. The largest absolute Gasteiger partial charge is 0.494 e. The highest BCUT2D eigenvalue weighted by Crippen LogP contribution is 2.40. The highest BCUT2D eigenvalue weighted by molar-refractivity contribution is 9.10. The third-order valence-electron chi connectivity index (χ3n) is 11.5. The molecule has 2 unspecified atom stereocenters. The molecule has 1 aliphatic heterocycles. The molecule has 2 atom stereocenters. The first-order valence-corrected chi connectivity index (χ1v) is 21.5. The predicted octanol–water partition coefficient (Wildman–Crippen LogP) is 12.2. The first-order valence-electron chi connectivity index (χ1n) is 20.7. The van der Waals surface area contributed by atoms with Crippen molar-refractivity contribution < 1.29 is 18.1 Å². The van der Waals surface area contributed by atoms with Crippen molar-refractivity contribution in [3.8, 4) is 11.3 Å². The Morgan fingerprint density at radius 1 is 0.556 bits per heavy atom. The minimum absolute atomic E-state index is 0.0600. The van der Waals surface area contributed by atoms with Gasteiger partial charge in [0.15, 0.2) is 0 Å². The molecule has 316 valence electrons. The number of benzene rings is 4. The Morgan fingerprint density at radius 2 is 1.13 bits per heavy atom. The second-order valence-electron chi connectivity index (χ2n) is 16.3. The molecule has 5 heterocycles. The van der Waals surface area contributed by atoms with Gasteiger partial charge in [0.05, 0.1) is 39.6 Å². The van der Waals surface area contributed by atoms with Crippen molar-refractivity contribution in [1.82, 2.24) is 19.9 Å². The van der Waals surface area contributed by atoms with E-state index >= 15 is 0 Å². The molecule has 1 saturated heterocycles. The molecule has 6 nitrogen and oxygen atoms in total. The maximum Gasteiger partial charge on any atom is 0.494 e. The van der Waals surface area contributed by atoms with E-state index in [0.717, 1.165) is 33.5 Å². The molecule has 0 aliphatic carbocycles. The van der Waals surface area contributed by atoms with Gasteiger partial charge in [0.25, 0.3) is 0 Å².